The largest absolute Gasteiger partial charge is 0.382 e. The Morgan fingerprint density at radius 2 is 2.53 bits per heavy atom. The summed E-state index contributed by atoms with van der Waals surface area (Å²) in [6.07, 6.45) is 1.93. The van der Waals surface area contributed by atoms with E-state index in [1.54, 1.807) is 13.4 Å². The van der Waals surface area contributed by atoms with Gasteiger partial charge in [0.1, 0.15) is 6.33 Å². The summed E-state index contributed by atoms with van der Waals surface area (Å²) in [7, 11) is 1.69. The number of anilines is 1. The van der Waals surface area contributed by atoms with Crippen molar-refractivity contribution in [2.75, 3.05) is 31.7 Å². The van der Waals surface area contributed by atoms with Crippen molar-refractivity contribution in [3.8, 4) is 0 Å². The van der Waals surface area contributed by atoms with Crippen LogP contribution < -0.4 is 4.90 Å². The smallest absolute Gasteiger partial charge is 0.205 e. The van der Waals surface area contributed by atoms with Crippen LogP contribution in [0.1, 0.15) is 6.92 Å². The van der Waals surface area contributed by atoms with E-state index >= 15 is 0 Å². The van der Waals surface area contributed by atoms with Gasteiger partial charge >= 0.3 is 0 Å². The molecule has 0 aliphatic carbocycles. The second kappa shape index (κ2) is 4.87. The molecule has 1 aliphatic heterocycles. The van der Waals surface area contributed by atoms with Gasteiger partial charge in [0.2, 0.25) is 5.13 Å². The van der Waals surface area contributed by atoms with Gasteiger partial charge < -0.3 is 14.4 Å². The van der Waals surface area contributed by atoms with Gasteiger partial charge in [0.25, 0.3) is 0 Å². The van der Waals surface area contributed by atoms with E-state index < -0.39 is 0 Å². The van der Waals surface area contributed by atoms with Crippen molar-refractivity contribution in [1.82, 2.24) is 9.36 Å². The van der Waals surface area contributed by atoms with Crippen molar-refractivity contribution in [2.45, 2.75) is 19.1 Å². The van der Waals surface area contributed by atoms with Crippen molar-refractivity contribution >= 4 is 16.7 Å². The van der Waals surface area contributed by atoms with Crippen molar-refractivity contribution in [3.63, 3.8) is 0 Å². The fraction of sp³-hybridized carbons (Fsp3) is 0.778. The quantitative estimate of drug-likeness (QED) is 0.766. The summed E-state index contributed by atoms with van der Waals surface area (Å²) >= 11 is 1.42. The Balaban J connectivity index is 2.00. The van der Waals surface area contributed by atoms with Gasteiger partial charge in [-0.15, -0.1) is 0 Å². The third-order valence-corrected chi connectivity index (χ3v) is 3.03. The highest BCUT2D eigenvalue weighted by Gasteiger charge is 2.26. The molecule has 84 valence electrons. The zero-order chi connectivity index (χ0) is 10.7. The lowest BCUT2D eigenvalue weighted by Gasteiger charge is -2.36. The van der Waals surface area contributed by atoms with E-state index in [0.717, 1.165) is 18.2 Å². The van der Waals surface area contributed by atoms with Crippen molar-refractivity contribution < 1.29 is 9.47 Å². The molecule has 0 spiro atoms. The van der Waals surface area contributed by atoms with E-state index in [0.29, 0.717) is 6.61 Å². The highest BCUT2D eigenvalue weighted by atomic mass is 32.1. The van der Waals surface area contributed by atoms with Crippen LogP contribution in [0.3, 0.4) is 0 Å². The van der Waals surface area contributed by atoms with Gasteiger partial charge in [-0.3, -0.25) is 0 Å². The molecule has 2 rings (SSSR count). The first-order chi connectivity index (χ1) is 7.29. The molecular weight excluding hydrogens is 214 g/mol. The number of ether oxygens (including phenoxy) is 2. The van der Waals surface area contributed by atoms with Gasteiger partial charge in [0.15, 0.2) is 0 Å². The Hall–Kier alpha value is -0.720. The molecule has 1 fully saturated rings. The minimum absolute atomic E-state index is 0.127. The zero-order valence-corrected chi connectivity index (χ0v) is 9.74. The lowest BCUT2D eigenvalue weighted by atomic mass is 10.2. The summed E-state index contributed by atoms with van der Waals surface area (Å²) in [4.78, 5) is 6.41. The van der Waals surface area contributed by atoms with Crippen molar-refractivity contribution in [2.24, 2.45) is 0 Å². The van der Waals surface area contributed by atoms with Crippen molar-refractivity contribution in [3.05, 3.63) is 6.33 Å². The third-order valence-electron chi connectivity index (χ3n) is 2.30. The lowest BCUT2D eigenvalue weighted by Crippen LogP contribution is -2.48. The van der Waals surface area contributed by atoms with Crippen LogP contribution in [0.4, 0.5) is 5.13 Å². The van der Waals surface area contributed by atoms with Gasteiger partial charge in [-0.25, -0.2) is 4.98 Å². The average Bonchev–Trinajstić information content (AvgIpc) is 2.70. The number of rotatable bonds is 3. The predicted octanol–water partition coefficient (Wildman–Crippen LogP) is 0.778. The van der Waals surface area contributed by atoms with E-state index in [9.17, 15) is 0 Å². The number of nitrogens with zero attached hydrogens (tertiary/aromatic N) is 3. The normalized spacial score (nSPS) is 26.9. The van der Waals surface area contributed by atoms with Crippen LogP contribution in [0.5, 0.6) is 0 Å². The molecule has 2 unspecified atom stereocenters. The Labute approximate surface area is 93.2 Å². The van der Waals surface area contributed by atoms with E-state index in [4.69, 9.17) is 9.47 Å². The van der Waals surface area contributed by atoms with E-state index in [2.05, 4.69) is 21.2 Å². The minimum atomic E-state index is 0.127. The van der Waals surface area contributed by atoms with Gasteiger partial charge in [-0.05, 0) is 6.92 Å². The average molecular weight is 229 g/mol. The summed E-state index contributed by atoms with van der Waals surface area (Å²) in [6, 6.07) is 0. The molecule has 1 aromatic heterocycles. The molecule has 0 radical (unpaired) electrons. The number of hydrogen-bond donors (Lipinski definition) is 0. The molecule has 0 saturated carbocycles. The van der Waals surface area contributed by atoms with Crippen LogP contribution in [0.15, 0.2) is 6.33 Å². The molecule has 15 heavy (non-hydrogen) atoms. The molecule has 0 aromatic carbocycles. The Morgan fingerprint density at radius 1 is 1.67 bits per heavy atom. The first-order valence-corrected chi connectivity index (χ1v) is 5.73. The summed E-state index contributed by atoms with van der Waals surface area (Å²) in [5, 5.41) is 0.964. The highest BCUT2D eigenvalue weighted by molar-refractivity contribution is 7.09. The molecule has 1 aliphatic rings. The first kappa shape index (κ1) is 10.8. The SMILES string of the molecule is COCC1CN(c2ncns2)CC(C)O1. The number of hydrogen-bond acceptors (Lipinski definition) is 6. The van der Waals surface area contributed by atoms with Crippen LogP contribution in [-0.2, 0) is 9.47 Å². The summed E-state index contributed by atoms with van der Waals surface area (Å²) in [5.74, 6) is 0. The van der Waals surface area contributed by atoms with Crippen LogP contribution in [-0.4, -0.2) is 48.4 Å². The Bertz CT molecular complexity index is 294. The van der Waals surface area contributed by atoms with E-state index in [1.165, 1.54) is 11.5 Å². The summed E-state index contributed by atoms with van der Waals surface area (Å²) in [5.41, 5.74) is 0. The molecule has 5 nitrogen and oxygen atoms in total. The third kappa shape index (κ3) is 2.64. The molecule has 0 N–H and O–H groups in total. The highest BCUT2D eigenvalue weighted by Crippen LogP contribution is 2.20. The minimum Gasteiger partial charge on any atom is -0.382 e. The van der Waals surface area contributed by atoms with Gasteiger partial charge in [0, 0.05) is 31.7 Å². The fourth-order valence-corrected chi connectivity index (χ4v) is 2.33. The van der Waals surface area contributed by atoms with E-state index in [1.807, 2.05) is 0 Å². The lowest BCUT2D eigenvalue weighted by molar-refractivity contribution is -0.0511. The molecule has 0 bridgehead atoms. The van der Waals surface area contributed by atoms with E-state index in [-0.39, 0.29) is 12.2 Å². The molecule has 6 heteroatoms. The number of methoxy groups -OCH3 is 1. The topological polar surface area (TPSA) is 47.5 Å². The second-order valence-corrected chi connectivity index (χ2v) is 4.41. The maximum absolute atomic E-state index is 5.74. The van der Waals surface area contributed by atoms with Crippen molar-refractivity contribution in [1.29, 1.82) is 0 Å². The summed E-state index contributed by atoms with van der Waals surface area (Å²) < 4.78 is 14.9. The monoisotopic (exact) mass is 229 g/mol. The van der Waals surface area contributed by atoms with Gasteiger partial charge in [-0.2, -0.15) is 4.37 Å². The standard InChI is InChI=1S/C9H15N3O2S/c1-7-3-12(9-10-6-11-15-9)4-8(14-7)5-13-2/h6-8H,3-5H2,1-2H3. The first-order valence-electron chi connectivity index (χ1n) is 4.95. The molecule has 2 heterocycles. The van der Waals surface area contributed by atoms with Crippen LogP contribution >= 0.6 is 11.5 Å². The summed E-state index contributed by atoms with van der Waals surface area (Å²) in [6.45, 7) is 4.39. The number of aromatic nitrogens is 2. The molecule has 1 aromatic rings. The molecular formula is C9H15N3O2S. The maximum atomic E-state index is 5.74. The van der Waals surface area contributed by atoms with Crippen LogP contribution in [0, 0.1) is 0 Å². The fourth-order valence-electron chi connectivity index (χ4n) is 1.79. The molecule has 1 saturated heterocycles. The van der Waals surface area contributed by atoms with Crippen LogP contribution in [0.2, 0.25) is 0 Å². The second-order valence-electron chi connectivity index (χ2n) is 3.65. The molecule has 2 atom stereocenters. The Morgan fingerprint density at radius 3 is 3.20 bits per heavy atom. The Kier molecular flexibility index (Phi) is 3.50. The number of morpholine rings is 1. The van der Waals surface area contributed by atoms with Gasteiger partial charge in [-0.1, -0.05) is 0 Å². The van der Waals surface area contributed by atoms with Crippen LogP contribution in [0.25, 0.3) is 0 Å². The molecule has 0 amide bonds. The predicted molar refractivity (Wildman–Crippen MR) is 58.3 cm³/mol. The maximum Gasteiger partial charge on any atom is 0.205 e. The zero-order valence-electron chi connectivity index (χ0n) is 8.92. The van der Waals surface area contributed by atoms with Gasteiger partial charge in [0.05, 0.1) is 18.8 Å².